The van der Waals surface area contributed by atoms with E-state index < -0.39 is 18.0 Å². The molecule has 1 saturated carbocycles. The molecule has 3 nitrogen and oxygen atoms in total. The maximum atomic E-state index is 12.0. The van der Waals surface area contributed by atoms with Gasteiger partial charge in [-0.05, 0) is 24.3 Å². The Morgan fingerprint density at radius 1 is 1.06 bits per heavy atom. The largest absolute Gasteiger partial charge is 0.385 e. The van der Waals surface area contributed by atoms with Gasteiger partial charge in [0.25, 0.3) is 0 Å². The number of carbonyl (C=O) groups is 1. The van der Waals surface area contributed by atoms with Crippen molar-refractivity contribution in [2.24, 2.45) is 5.92 Å². The normalized spacial score (nSPS) is 20.3. The third kappa shape index (κ3) is 2.98. The lowest BCUT2D eigenvalue weighted by molar-refractivity contribution is -0.139. The Hall–Kier alpha value is -1.19. The summed E-state index contributed by atoms with van der Waals surface area (Å²) in [5.41, 5.74) is 0.553. The summed E-state index contributed by atoms with van der Waals surface area (Å²) in [6.45, 7) is 0. The second kappa shape index (κ2) is 6.12. The number of benzene rings is 1. The van der Waals surface area contributed by atoms with Crippen molar-refractivity contribution in [2.75, 3.05) is 0 Å². The van der Waals surface area contributed by atoms with E-state index >= 15 is 0 Å². The molecule has 1 fully saturated rings. The number of carbonyl (C=O) groups excluding carboxylic acids is 1. The van der Waals surface area contributed by atoms with Gasteiger partial charge in [0.15, 0.2) is 5.78 Å². The van der Waals surface area contributed by atoms with Crippen molar-refractivity contribution >= 4 is 5.78 Å². The fourth-order valence-electron chi connectivity index (χ4n) is 2.64. The van der Waals surface area contributed by atoms with E-state index in [0.717, 1.165) is 25.7 Å². The molecule has 1 aliphatic carbocycles. The van der Waals surface area contributed by atoms with E-state index in [1.165, 1.54) is 6.42 Å². The molecular weight excluding hydrogens is 228 g/mol. The Labute approximate surface area is 107 Å². The predicted molar refractivity (Wildman–Crippen MR) is 69.0 cm³/mol. The second-order valence-corrected chi connectivity index (χ2v) is 5.06. The van der Waals surface area contributed by atoms with Crippen LogP contribution in [0.15, 0.2) is 30.3 Å². The first-order valence-corrected chi connectivity index (χ1v) is 6.65. The first-order valence-electron chi connectivity index (χ1n) is 6.65. The smallest absolute Gasteiger partial charge is 0.194 e. The Balaban J connectivity index is 2.01. The van der Waals surface area contributed by atoms with Crippen LogP contribution >= 0.6 is 0 Å². The van der Waals surface area contributed by atoms with E-state index in [4.69, 9.17) is 0 Å². The summed E-state index contributed by atoms with van der Waals surface area (Å²) in [5.74, 6) is -0.447. The maximum absolute atomic E-state index is 12.0. The van der Waals surface area contributed by atoms with Crippen molar-refractivity contribution in [3.8, 4) is 0 Å². The van der Waals surface area contributed by atoms with Crippen LogP contribution in [0.5, 0.6) is 0 Å². The van der Waals surface area contributed by atoms with Crippen LogP contribution in [0.1, 0.15) is 43.8 Å². The average Bonchev–Trinajstić information content (AvgIpc) is 2.47. The topological polar surface area (TPSA) is 57.5 Å². The van der Waals surface area contributed by atoms with E-state index in [-0.39, 0.29) is 5.92 Å². The van der Waals surface area contributed by atoms with E-state index in [1.54, 1.807) is 24.3 Å². The Kier molecular flexibility index (Phi) is 4.50. The monoisotopic (exact) mass is 248 g/mol. The number of hydrogen-bond donors (Lipinski definition) is 2. The van der Waals surface area contributed by atoms with Gasteiger partial charge in [0, 0.05) is 0 Å². The molecule has 1 aromatic rings. The van der Waals surface area contributed by atoms with Crippen LogP contribution in [0.2, 0.25) is 0 Å². The fourth-order valence-corrected chi connectivity index (χ4v) is 2.64. The minimum Gasteiger partial charge on any atom is -0.385 e. The molecule has 0 saturated heterocycles. The molecule has 0 heterocycles. The first kappa shape index (κ1) is 13.2. The minimum atomic E-state index is -1.21. The maximum Gasteiger partial charge on any atom is 0.194 e. The molecular formula is C15H20O3. The van der Waals surface area contributed by atoms with Crippen molar-refractivity contribution in [2.45, 2.75) is 44.3 Å². The summed E-state index contributed by atoms with van der Waals surface area (Å²) in [6.07, 6.45) is 2.84. The summed E-state index contributed by atoms with van der Waals surface area (Å²) < 4.78 is 0. The van der Waals surface area contributed by atoms with Crippen molar-refractivity contribution in [1.29, 1.82) is 0 Å². The molecule has 1 aromatic carbocycles. The highest BCUT2D eigenvalue weighted by Gasteiger charge is 2.31. The molecule has 1 aliphatic rings. The van der Waals surface area contributed by atoms with Crippen molar-refractivity contribution < 1.29 is 15.0 Å². The number of aliphatic hydroxyl groups is 2. The molecule has 0 aliphatic heterocycles. The molecule has 0 bridgehead atoms. The molecule has 0 amide bonds. The van der Waals surface area contributed by atoms with Gasteiger partial charge in [-0.1, -0.05) is 49.6 Å². The lowest BCUT2D eigenvalue weighted by Crippen LogP contribution is -2.34. The quantitative estimate of drug-likeness (QED) is 0.859. The molecule has 0 spiro atoms. The van der Waals surface area contributed by atoms with Crippen LogP contribution in [0, 0.1) is 5.92 Å². The zero-order chi connectivity index (χ0) is 13.0. The summed E-state index contributed by atoms with van der Waals surface area (Å²) in [4.78, 5) is 12.0. The van der Waals surface area contributed by atoms with E-state index in [0.29, 0.717) is 5.56 Å². The standard InChI is InChI=1S/C15H20O3/c16-13(11-7-3-1-4-8-11)15(18)14(17)12-9-5-2-6-10-12/h1,3-4,7-8,12-14,16-17H,2,5-6,9-10H2/t13-,14-/m1/s1. The third-order valence-electron chi connectivity index (χ3n) is 3.77. The molecule has 2 N–H and O–H groups in total. The van der Waals surface area contributed by atoms with Crippen LogP contribution in [-0.2, 0) is 4.79 Å². The number of Topliss-reactive ketones (excluding diaryl/α,β-unsaturated/α-hetero) is 1. The van der Waals surface area contributed by atoms with Crippen LogP contribution in [0.3, 0.4) is 0 Å². The van der Waals surface area contributed by atoms with Gasteiger partial charge in [0.2, 0.25) is 0 Å². The van der Waals surface area contributed by atoms with Crippen molar-refractivity contribution in [3.05, 3.63) is 35.9 Å². The minimum absolute atomic E-state index is 0.0182. The lowest BCUT2D eigenvalue weighted by atomic mass is 9.82. The van der Waals surface area contributed by atoms with E-state index in [1.807, 2.05) is 6.07 Å². The van der Waals surface area contributed by atoms with Gasteiger partial charge >= 0.3 is 0 Å². The summed E-state index contributed by atoms with van der Waals surface area (Å²) in [6, 6.07) is 8.79. The van der Waals surface area contributed by atoms with Gasteiger partial charge in [-0.15, -0.1) is 0 Å². The Bertz CT molecular complexity index is 382. The number of hydrogen-bond acceptors (Lipinski definition) is 3. The highest BCUT2D eigenvalue weighted by Crippen LogP contribution is 2.29. The summed E-state index contributed by atoms with van der Waals surface area (Å²) >= 11 is 0. The molecule has 18 heavy (non-hydrogen) atoms. The summed E-state index contributed by atoms with van der Waals surface area (Å²) in [7, 11) is 0. The van der Waals surface area contributed by atoms with Gasteiger partial charge in [0.1, 0.15) is 12.2 Å². The van der Waals surface area contributed by atoms with Crippen LogP contribution in [0.4, 0.5) is 0 Å². The van der Waals surface area contributed by atoms with Crippen molar-refractivity contribution in [3.63, 3.8) is 0 Å². The van der Waals surface area contributed by atoms with Gasteiger partial charge in [-0.2, -0.15) is 0 Å². The zero-order valence-electron chi connectivity index (χ0n) is 10.5. The third-order valence-corrected chi connectivity index (χ3v) is 3.77. The summed E-state index contributed by atoms with van der Waals surface area (Å²) in [5, 5.41) is 20.0. The predicted octanol–water partition coefficient (Wildman–Crippen LogP) is 2.23. The first-order chi connectivity index (χ1) is 8.70. The van der Waals surface area contributed by atoms with E-state index in [9.17, 15) is 15.0 Å². The molecule has 0 aromatic heterocycles. The highest BCUT2D eigenvalue weighted by atomic mass is 16.3. The molecule has 0 unspecified atom stereocenters. The van der Waals surface area contributed by atoms with Crippen LogP contribution in [0.25, 0.3) is 0 Å². The van der Waals surface area contributed by atoms with Gasteiger partial charge in [-0.25, -0.2) is 0 Å². The van der Waals surface area contributed by atoms with Gasteiger partial charge in [0.05, 0.1) is 0 Å². The zero-order valence-corrected chi connectivity index (χ0v) is 10.5. The molecule has 2 rings (SSSR count). The lowest BCUT2D eigenvalue weighted by Gasteiger charge is -2.27. The molecule has 2 atom stereocenters. The molecule has 3 heteroatoms. The second-order valence-electron chi connectivity index (χ2n) is 5.06. The number of ketones is 1. The van der Waals surface area contributed by atoms with E-state index in [2.05, 4.69) is 0 Å². The van der Waals surface area contributed by atoms with Crippen molar-refractivity contribution in [1.82, 2.24) is 0 Å². The Morgan fingerprint density at radius 3 is 2.28 bits per heavy atom. The van der Waals surface area contributed by atoms with Crippen LogP contribution in [-0.4, -0.2) is 22.1 Å². The fraction of sp³-hybridized carbons (Fsp3) is 0.533. The number of aliphatic hydroxyl groups excluding tert-OH is 2. The van der Waals surface area contributed by atoms with Gasteiger partial charge < -0.3 is 10.2 Å². The SMILES string of the molecule is O=C([C@H](O)c1ccccc1)[C@H](O)C1CCCCC1. The van der Waals surface area contributed by atoms with Crippen LogP contribution < -0.4 is 0 Å². The Morgan fingerprint density at radius 2 is 1.67 bits per heavy atom. The molecule has 0 radical (unpaired) electrons. The average molecular weight is 248 g/mol. The van der Waals surface area contributed by atoms with Gasteiger partial charge in [-0.3, -0.25) is 4.79 Å². The highest BCUT2D eigenvalue weighted by molar-refractivity contribution is 5.88. The molecule has 98 valence electrons. The number of rotatable bonds is 4.